The zero-order valence-corrected chi connectivity index (χ0v) is 10.2. The average molecular weight is 220 g/mol. The number of nitrogens with zero attached hydrogens (tertiary/aromatic N) is 4. The second-order valence-electron chi connectivity index (χ2n) is 4.10. The zero-order chi connectivity index (χ0) is 11.4. The van der Waals surface area contributed by atoms with Crippen LogP contribution in [0, 0.1) is 0 Å². The Morgan fingerprint density at radius 1 is 1.19 bits per heavy atom. The number of hydrogen-bond donors (Lipinski definition) is 0. The summed E-state index contributed by atoms with van der Waals surface area (Å²) in [6, 6.07) is 2.11. The van der Waals surface area contributed by atoms with Gasteiger partial charge in [0.05, 0.1) is 0 Å². The fraction of sp³-hybridized carbons (Fsp3) is 0.667. The molecule has 0 saturated carbocycles. The molecule has 0 bridgehead atoms. The smallest absolute Gasteiger partial charge is 0.134 e. The van der Waals surface area contributed by atoms with E-state index in [2.05, 4.69) is 39.7 Å². The first kappa shape index (κ1) is 11.2. The molecule has 4 nitrogen and oxygen atoms in total. The third-order valence-corrected chi connectivity index (χ3v) is 3.16. The van der Waals surface area contributed by atoms with Crippen LogP contribution in [0.1, 0.15) is 26.7 Å². The van der Waals surface area contributed by atoms with Crippen molar-refractivity contribution in [2.24, 2.45) is 0 Å². The van der Waals surface area contributed by atoms with Crippen LogP contribution in [0.5, 0.6) is 0 Å². The van der Waals surface area contributed by atoms with Crippen LogP contribution in [0.4, 0.5) is 11.6 Å². The largest absolute Gasteiger partial charge is 0.357 e. The molecule has 1 saturated heterocycles. The van der Waals surface area contributed by atoms with Crippen molar-refractivity contribution >= 4 is 11.6 Å². The highest BCUT2D eigenvalue weighted by atomic mass is 15.2. The van der Waals surface area contributed by atoms with Gasteiger partial charge in [-0.25, -0.2) is 9.97 Å². The van der Waals surface area contributed by atoms with Gasteiger partial charge >= 0.3 is 0 Å². The van der Waals surface area contributed by atoms with Gasteiger partial charge in [-0.15, -0.1) is 0 Å². The van der Waals surface area contributed by atoms with E-state index in [1.54, 1.807) is 6.33 Å². The summed E-state index contributed by atoms with van der Waals surface area (Å²) < 4.78 is 0. The van der Waals surface area contributed by atoms with Crippen molar-refractivity contribution in [2.75, 3.05) is 36.0 Å². The standard InChI is InChI=1S/C12H20N4/c1-3-15(4-2)11-9-12(14-10-13-11)16-7-5-6-8-16/h9-10H,3-8H2,1-2H3. The van der Waals surface area contributed by atoms with Crippen LogP contribution >= 0.6 is 0 Å². The van der Waals surface area contributed by atoms with Gasteiger partial charge in [0.25, 0.3) is 0 Å². The maximum atomic E-state index is 4.36. The van der Waals surface area contributed by atoms with Gasteiger partial charge in [-0.2, -0.15) is 0 Å². The van der Waals surface area contributed by atoms with Crippen molar-refractivity contribution < 1.29 is 0 Å². The van der Waals surface area contributed by atoms with Crippen molar-refractivity contribution in [1.82, 2.24) is 9.97 Å². The fourth-order valence-electron chi connectivity index (χ4n) is 2.18. The normalized spacial score (nSPS) is 15.5. The van der Waals surface area contributed by atoms with Crippen LogP contribution in [-0.2, 0) is 0 Å². The second kappa shape index (κ2) is 5.14. The van der Waals surface area contributed by atoms with Crippen molar-refractivity contribution in [3.05, 3.63) is 12.4 Å². The summed E-state index contributed by atoms with van der Waals surface area (Å²) in [5.41, 5.74) is 0. The lowest BCUT2D eigenvalue weighted by Crippen LogP contribution is -2.24. The van der Waals surface area contributed by atoms with Crippen molar-refractivity contribution in [1.29, 1.82) is 0 Å². The maximum Gasteiger partial charge on any atom is 0.134 e. The highest BCUT2D eigenvalue weighted by Crippen LogP contribution is 2.20. The number of aromatic nitrogens is 2. The lowest BCUT2D eigenvalue weighted by atomic mass is 10.4. The van der Waals surface area contributed by atoms with Crippen LogP contribution in [0.2, 0.25) is 0 Å². The molecule has 88 valence electrons. The van der Waals surface area contributed by atoms with Gasteiger partial charge in [-0.3, -0.25) is 0 Å². The van der Waals surface area contributed by atoms with Crippen molar-refractivity contribution in [3.63, 3.8) is 0 Å². The van der Waals surface area contributed by atoms with Crippen molar-refractivity contribution in [3.8, 4) is 0 Å². The van der Waals surface area contributed by atoms with E-state index >= 15 is 0 Å². The molecule has 2 rings (SSSR count). The van der Waals surface area contributed by atoms with Crippen LogP contribution in [-0.4, -0.2) is 36.1 Å². The molecule has 4 heteroatoms. The average Bonchev–Trinajstić information content (AvgIpc) is 2.85. The molecule has 1 fully saturated rings. The highest BCUT2D eigenvalue weighted by Gasteiger charge is 2.14. The van der Waals surface area contributed by atoms with Crippen LogP contribution < -0.4 is 9.80 Å². The van der Waals surface area contributed by atoms with Crippen molar-refractivity contribution in [2.45, 2.75) is 26.7 Å². The molecule has 1 aromatic heterocycles. The first-order chi connectivity index (χ1) is 7.85. The van der Waals surface area contributed by atoms with Gasteiger partial charge in [-0.1, -0.05) is 0 Å². The predicted octanol–water partition coefficient (Wildman–Crippen LogP) is 1.92. The number of anilines is 2. The molecular weight excluding hydrogens is 200 g/mol. The van der Waals surface area contributed by atoms with Gasteiger partial charge in [0.1, 0.15) is 18.0 Å². The number of rotatable bonds is 4. The minimum atomic E-state index is 0.993. The Balaban J connectivity index is 2.18. The SMILES string of the molecule is CCN(CC)c1cc(N2CCCC2)ncn1. The van der Waals surface area contributed by atoms with E-state index in [1.807, 2.05) is 0 Å². The summed E-state index contributed by atoms with van der Waals surface area (Å²) in [7, 11) is 0. The van der Waals surface area contributed by atoms with E-state index in [-0.39, 0.29) is 0 Å². The molecule has 0 atom stereocenters. The predicted molar refractivity (Wildman–Crippen MR) is 67.0 cm³/mol. The third-order valence-electron chi connectivity index (χ3n) is 3.16. The molecule has 1 aromatic rings. The van der Waals surface area contributed by atoms with E-state index in [0.29, 0.717) is 0 Å². The zero-order valence-electron chi connectivity index (χ0n) is 10.2. The lowest BCUT2D eigenvalue weighted by Gasteiger charge is -2.22. The molecule has 0 unspecified atom stereocenters. The van der Waals surface area contributed by atoms with Gasteiger partial charge in [0.2, 0.25) is 0 Å². The minimum Gasteiger partial charge on any atom is -0.357 e. The Morgan fingerprint density at radius 3 is 2.50 bits per heavy atom. The van der Waals surface area contributed by atoms with Gasteiger partial charge in [0.15, 0.2) is 0 Å². The summed E-state index contributed by atoms with van der Waals surface area (Å²) in [6.07, 6.45) is 4.25. The first-order valence-electron chi connectivity index (χ1n) is 6.17. The van der Waals surface area contributed by atoms with Crippen LogP contribution in [0.15, 0.2) is 12.4 Å². The Labute approximate surface area is 97.3 Å². The Kier molecular flexibility index (Phi) is 3.59. The molecule has 0 radical (unpaired) electrons. The lowest BCUT2D eigenvalue weighted by molar-refractivity contribution is 0.835. The first-order valence-corrected chi connectivity index (χ1v) is 6.17. The van der Waals surface area contributed by atoms with E-state index in [9.17, 15) is 0 Å². The molecule has 0 aromatic carbocycles. The summed E-state index contributed by atoms with van der Waals surface area (Å²) in [4.78, 5) is 13.3. The molecule has 0 aliphatic carbocycles. The number of hydrogen-bond acceptors (Lipinski definition) is 4. The topological polar surface area (TPSA) is 32.3 Å². The third kappa shape index (κ3) is 2.26. The Bertz CT molecular complexity index is 312. The molecule has 0 N–H and O–H groups in total. The summed E-state index contributed by atoms with van der Waals surface area (Å²) in [5, 5.41) is 0. The molecule has 1 aliphatic heterocycles. The molecule has 16 heavy (non-hydrogen) atoms. The van der Waals surface area contributed by atoms with Gasteiger partial charge in [0, 0.05) is 32.2 Å². The van der Waals surface area contributed by atoms with E-state index in [1.165, 1.54) is 12.8 Å². The molecular formula is C12H20N4. The van der Waals surface area contributed by atoms with Gasteiger partial charge < -0.3 is 9.80 Å². The summed E-state index contributed by atoms with van der Waals surface area (Å²) >= 11 is 0. The summed E-state index contributed by atoms with van der Waals surface area (Å²) in [6.45, 7) is 8.56. The van der Waals surface area contributed by atoms with E-state index in [4.69, 9.17) is 0 Å². The van der Waals surface area contributed by atoms with Gasteiger partial charge in [-0.05, 0) is 26.7 Å². The Hall–Kier alpha value is -1.32. The van der Waals surface area contributed by atoms with E-state index < -0.39 is 0 Å². The minimum absolute atomic E-state index is 0.993. The van der Waals surface area contributed by atoms with Crippen LogP contribution in [0.25, 0.3) is 0 Å². The quantitative estimate of drug-likeness (QED) is 0.776. The summed E-state index contributed by atoms with van der Waals surface area (Å²) in [5.74, 6) is 2.12. The second-order valence-corrected chi connectivity index (χ2v) is 4.10. The Morgan fingerprint density at radius 2 is 1.88 bits per heavy atom. The van der Waals surface area contributed by atoms with Crippen LogP contribution in [0.3, 0.4) is 0 Å². The molecule has 2 heterocycles. The molecule has 0 spiro atoms. The highest BCUT2D eigenvalue weighted by molar-refractivity contribution is 5.50. The molecule has 1 aliphatic rings. The monoisotopic (exact) mass is 220 g/mol. The maximum absolute atomic E-state index is 4.36. The van der Waals surface area contributed by atoms with E-state index in [0.717, 1.165) is 37.8 Å². The molecule has 0 amide bonds. The fourth-order valence-corrected chi connectivity index (χ4v) is 2.18.